The smallest absolute Gasteiger partial charge is 0.213 e. The Morgan fingerprint density at radius 1 is 1.03 bits per heavy atom. The SMILES string of the molecule is NCCC[n+]1ccc(/C=C/C=C2/CCN(CCCCS(=O)(=O)[O-])c3ccccc32)c2ccccc21. The molecule has 184 valence electrons. The summed E-state index contributed by atoms with van der Waals surface area (Å²) in [5.74, 6) is -0.292. The van der Waals surface area contributed by atoms with Crippen LogP contribution in [0.1, 0.15) is 36.8 Å². The zero-order valence-electron chi connectivity index (χ0n) is 20.0. The summed E-state index contributed by atoms with van der Waals surface area (Å²) >= 11 is 0. The van der Waals surface area contributed by atoms with E-state index in [0.717, 1.165) is 38.2 Å². The molecule has 1 aliphatic heterocycles. The summed E-state index contributed by atoms with van der Waals surface area (Å²) in [5.41, 5.74) is 11.7. The summed E-state index contributed by atoms with van der Waals surface area (Å²) in [7, 11) is -4.14. The summed E-state index contributed by atoms with van der Waals surface area (Å²) in [5, 5.41) is 1.22. The lowest BCUT2D eigenvalue weighted by Gasteiger charge is -2.32. The molecule has 4 rings (SSSR count). The van der Waals surface area contributed by atoms with Gasteiger partial charge in [0, 0.05) is 48.6 Å². The molecule has 2 aromatic carbocycles. The van der Waals surface area contributed by atoms with Gasteiger partial charge in [0.2, 0.25) is 5.52 Å². The van der Waals surface area contributed by atoms with Gasteiger partial charge in [-0.15, -0.1) is 0 Å². The molecule has 7 heteroatoms. The summed E-state index contributed by atoms with van der Waals surface area (Å²) < 4.78 is 34.9. The number of benzene rings is 2. The molecule has 3 aromatic rings. The van der Waals surface area contributed by atoms with Crippen molar-refractivity contribution in [1.29, 1.82) is 0 Å². The van der Waals surface area contributed by atoms with E-state index in [4.69, 9.17) is 5.73 Å². The van der Waals surface area contributed by atoms with Gasteiger partial charge in [0.1, 0.15) is 6.54 Å². The van der Waals surface area contributed by atoms with Crippen LogP contribution in [0.25, 0.3) is 22.6 Å². The largest absolute Gasteiger partial charge is 0.748 e. The lowest BCUT2D eigenvalue weighted by Crippen LogP contribution is -2.35. The molecular weight excluding hydrogens is 458 g/mol. The Morgan fingerprint density at radius 3 is 2.66 bits per heavy atom. The minimum absolute atomic E-state index is 0.292. The van der Waals surface area contributed by atoms with E-state index >= 15 is 0 Å². The molecule has 1 aliphatic rings. The first-order chi connectivity index (χ1) is 17.0. The fourth-order valence-electron chi connectivity index (χ4n) is 4.70. The predicted octanol–water partition coefficient (Wildman–Crippen LogP) is 4.11. The number of anilines is 1. The molecule has 0 radical (unpaired) electrons. The second-order valence-electron chi connectivity index (χ2n) is 8.90. The number of nitrogens with two attached hydrogens (primary N) is 1. The van der Waals surface area contributed by atoms with E-state index in [9.17, 15) is 13.0 Å². The molecule has 0 aliphatic carbocycles. The zero-order chi connectivity index (χ0) is 24.7. The summed E-state index contributed by atoms with van der Waals surface area (Å²) in [6, 6.07) is 18.9. The molecule has 0 bridgehead atoms. The molecule has 2 heterocycles. The van der Waals surface area contributed by atoms with Crippen LogP contribution >= 0.6 is 0 Å². The lowest BCUT2D eigenvalue weighted by molar-refractivity contribution is -0.671. The van der Waals surface area contributed by atoms with E-state index in [1.54, 1.807) is 0 Å². The molecule has 0 amide bonds. The van der Waals surface area contributed by atoms with Crippen LogP contribution in [0.3, 0.4) is 0 Å². The average molecular weight is 492 g/mol. The number of aromatic nitrogens is 1. The summed E-state index contributed by atoms with van der Waals surface area (Å²) in [6.07, 6.45) is 11.6. The molecule has 35 heavy (non-hydrogen) atoms. The van der Waals surface area contributed by atoms with Gasteiger partial charge in [-0.2, -0.15) is 4.57 Å². The van der Waals surface area contributed by atoms with Crippen LogP contribution in [-0.4, -0.2) is 38.4 Å². The first-order valence-corrected chi connectivity index (χ1v) is 13.8. The number of hydrogen-bond donors (Lipinski definition) is 1. The van der Waals surface area contributed by atoms with E-state index in [1.165, 1.54) is 27.6 Å². The van der Waals surface area contributed by atoms with Crippen molar-refractivity contribution in [2.45, 2.75) is 32.2 Å². The quantitative estimate of drug-likeness (QED) is 0.262. The fraction of sp³-hybridized carbons (Fsp3) is 0.321. The number of aryl methyl sites for hydroxylation is 1. The number of hydrogen-bond acceptors (Lipinski definition) is 5. The van der Waals surface area contributed by atoms with Crippen LogP contribution in [0.15, 0.2) is 72.9 Å². The minimum Gasteiger partial charge on any atom is -0.748 e. The normalized spacial score (nSPS) is 15.3. The standard InChI is InChI=1S/C28H33N3O3S/c29-17-8-19-31-21-16-24(26-12-2-4-14-28(26)31)10-7-9-23-15-20-30(18-5-6-22-35(32,33)34)27-13-3-1-11-25(23)27/h1-4,7,9-14,16,21H,5-6,8,15,17-20,22,29H2. The van der Waals surface area contributed by atoms with E-state index in [2.05, 4.69) is 82.4 Å². The van der Waals surface area contributed by atoms with Crippen molar-refractivity contribution in [3.63, 3.8) is 0 Å². The Bertz CT molecular complexity index is 1330. The Morgan fingerprint density at radius 2 is 1.83 bits per heavy atom. The van der Waals surface area contributed by atoms with Crippen LogP contribution < -0.4 is 15.2 Å². The van der Waals surface area contributed by atoms with Gasteiger partial charge >= 0.3 is 0 Å². The number of rotatable bonds is 10. The Hall–Kier alpha value is -3.00. The molecule has 1 aromatic heterocycles. The summed E-state index contributed by atoms with van der Waals surface area (Å²) in [6.45, 7) is 3.20. The van der Waals surface area contributed by atoms with Crippen molar-refractivity contribution in [3.05, 3.63) is 84.1 Å². The predicted molar refractivity (Wildman–Crippen MR) is 142 cm³/mol. The molecule has 0 fully saturated rings. The molecular formula is C28H33N3O3S. The Labute approximate surface area is 208 Å². The average Bonchev–Trinajstić information content (AvgIpc) is 2.86. The van der Waals surface area contributed by atoms with Crippen LogP contribution in [0.5, 0.6) is 0 Å². The molecule has 2 N–H and O–H groups in total. The van der Waals surface area contributed by atoms with E-state index < -0.39 is 10.1 Å². The van der Waals surface area contributed by atoms with Gasteiger partial charge < -0.3 is 15.2 Å². The second-order valence-corrected chi connectivity index (χ2v) is 10.4. The first-order valence-electron chi connectivity index (χ1n) is 12.2. The minimum atomic E-state index is -4.14. The van der Waals surface area contributed by atoms with Gasteiger partial charge in [-0.1, -0.05) is 48.6 Å². The van der Waals surface area contributed by atoms with E-state index in [-0.39, 0.29) is 5.75 Å². The Balaban J connectivity index is 1.51. The van der Waals surface area contributed by atoms with Crippen molar-refractivity contribution in [2.75, 3.05) is 30.3 Å². The Kier molecular flexibility index (Phi) is 8.33. The van der Waals surface area contributed by atoms with E-state index in [1.807, 2.05) is 6.07 Å². The number of fused-ring (bicyclic) bond motifs is 2. The van der Waals surface area contributed by atoms with Crippen LogP contribution in [-0.2, 0) is 16.7 Å². The van der Waals surface area contributed by atoms with Crippen molar-refractivity contribution in [1.82, 2.24) is 0 Å². The first kappa shape index (κ1) is 25.1. The lowest BCUT2D eigenvalue weighted by atomic mass is 9.95. The topological polar surface area (TPSA) is 90.3 Å². The molecule has 0 unspecified atom stereocenters. The summed E-state index contributed by atoms with van der Waals surface area (Å²) in [4.78, 5) is 2.29. The van der Waals surface area contributed by atoms with Gasteiger partial charge in [-0.05, 0) is 49.1 Å². The number of nitrogens with zero attached hydrogens (tertiary/aromatic N) is 2. The third-order valence-corrected chi connectivity index (χ3v) is 7.24. The van der Waals surface area contributed by atoms with Gasteiger partial charge in [-0.3, -0.25) is 0 Å². The second kappa shape index (κ2) is 11.6. The monoisotopic (exact) mass is 491 g/mol. The molecule has 6 nitrogen and oxygen atoms in total. The molecule has 0 atom stereocenters. The zero-order valence-corrected chi connectivity index (χ0v) is 20.8. The van der Waals surface area contributed by atoms with Crippen molar-refractivity contribution < 1.29 is 17.5 Å². The fourth-order valence-corrected chi connectivity index (χ4v) is 5.25. The number of unbranched alkanes of at least 4 members (excludes halogenated alkanes) is 1. The van der Waals surface area contributed by atoms with Crippen molar-refractivity contribution in [2.24, 2.45) is 5.73 Å². The number of allylic oxidation sites excluding steroid dienone is 2. The van der Waals surface area contributed by atoms with E-state index in [0.29, 0.717) is 19.4 Å². The molecule has 0 saturated heterocycles. The maximum atomic E-state index is 10.9. The van der Waals surface area contributed by atoms with Crippen LogP contribution in [0.4, 0.5) is 5.69 Å². The third kappa shape index (κ3) is 6.57. The van der Waals surface area contributed by atoms with Crippen molar-refractivity contribution in [3.8, 4) is 0 Å². The number of para-hydroxylation sites is 2. The van der Waals surface area contributed by atoms with Gasteiger partial charge in [0.05, 0.1) is 15.5 Å². The van der Waals surface area contributed by atoms with Crippen LogP contribution in [0, 0.1) is 0 Å². The molecule has 0 saturated carbocycles. The highest BCUT2D eigenvalue weighted by Gasteiger charge is 2.19. The highest BCUT2D eigenvalue weighted by atomic mass is 32.2. The third-order valence-electron chi connectivity index (χ3n) is 6.45. The highest BCUT2D eigenvalue weighted by molar-refractivity contribution is 7.85. The van der Waals surface area contributed by atoms with Gasteiger partial charge in [-0.25, -0.2) is 8.42 Å². The van der Waals surface area contributed by atoms with Gasteiger partial charge in [0.25, 0.3) is 0 Å². The molecule has 0 spiro atoms. The van der Waals surface area contributed by atoms with Crippen LogP contribution in [0.2, 0.25) is 0 Å². The van der Waals surface area contributed by atoms with Gasteiger partial charge in [0.15, 0.2) is 6.20 Å². The maximum absolute atomic E-state index is 10.9. The van der Waals surface area contributed by atoms with Crippen molar-refractivity contribution >= 4 is 38.4 Å². The highest BCUT2D eigenvalue weighted by Crippen LogP contribution is 2.34. The maximum Gasteiger partial charge on any atom is 0.213 e. The number of pyridine rings is 1.